The third kappa shape index (κ3) is 6.99. The first-order valence-electron chi connectivity index (χ1n) is 8.54. The average Bonchev–Trinajstić information content (AvgIpc) is 2.67. The number of rotatable bonds is 9. The SMILES string of the molecule is C=CC(=O)N(CC(=O)N[C@@H](Cc1ccc(Cl)cc1)OB(O)O)c1ccccc1F. The number of hydrogen-bond donors (Lipinski definition) is 3. The van der Waals surface area contributed by atoms with Crippen molar-refractivity contribution >= 4 is 36.4 Å². The van der Waals surface area contributed by atoms with Crippen LogP contribution in [-0.4, -0.2) is 42.0 Å². The number of hydrogen-bond acceptors (Lipinski definition) is 5. The fraction of sp³-hybridized carbons (Fsp3) is 0.158. The molecule has 0 spiro atoms. The van der Waals surface area contributed by atoms with Gasteiger partial charge in [0.05, 0.1) is 5.69 Å². The Kier molecular flexibility index (Phi) is 8.35. The molecule has 2 amide bonds. The van der Waals surface area contributed by atoms with Crippen LogP contribution in [0.25, 0.3) is 0 Å². The Morgan fingerprint density at radius 1 is 1.24 bits per heavy atom. The van der Waals surface area contributed by atoms with Crippen LogP contribution in [0.2, 0.25) is 5.02 Å². The lowest BCUT2D eigenvalue weighted by Gasteiger charge is -2.24. The molecular weight excluding hydrogens is 401 g/mol. The van der Waals surface area contributed by atoms with Crippen molar-refractivity contribution < 1.29 is 28.7 Å². The second-order valence-corrected chi connectivity index (χ2v) is 6.37. The Morgan fingerprint density at radius 2 is 1.90 bits per heavy atom. The number of para-hydroxylation sites is 1. The zero-order valence-corrected chi connectivity index (χ0v) is 16.1. The summed E-state index contributed by atoms with van der Waals surface area (Å²) in [6, 6.07) is 12.1. The predicted octanol–water partition coefficient (Wildman–Crippen LogP) is 1.67. The molecule has 10 heteroatoms. The number of benzene rings is 2. The van der Waals surface area contributed by atoms with Crippen LogP contribution in [0.3, 0.4) is 0 Å². The van der Waals surface area contributed by atoms with Crippen LogP contribution >= 0.6 is 11.6 Å². The predicted molar refractivity (Wildman–Crippen MR) is 107 cm³/mol. The summed E-state index contributed by atoms with van der Waals surface area (Å²) < 4.78 is 19.0. The summed E-state index contributed by atoms with van der Waals surface area (Å²) >= 11 is 5.83. The molecule has 0 saturated carbocycles. The van der Waals surface area contributed by atoms with Gasteiger partial charge in [-0.3, -0.25) is 14.5 Å². The summed E-state index contributed by atoms with van der Waals surface area (Å²) in [5.41, 5.74) is 0.610. The van der Waals surface area contributed by atoms with E-state index < -0.39 is 37.7 Å². The highest BCUT2D eigenvalue weighted by atomic mass is 35.5. The second kappa shape index (κ2) is 10.7. The topological polar surface area (TPSA) is 99.1 Å². The summed E-state index contributed by atoms with van der Waals surface area (Å²) in [7, 11) is -2.13. The van der Waals surface area contributed by atoms with E-state index in [1.165, 1.54) is 18.2 Å². The maximum Gasteiger partial charge on any atom is 0.635 e. The normalized spacial score (nSPS) is 11.4. The van der Waals surface area contributed by atoms with Crippen LogP contribution in [-0.2, 0) is 20.7 Å². The zero-order chi connectivity index (χ0) is 21.4. The number of nitrogens with zero attached hydrogens (tertiary/aromatic N) is 1. The van der Waals surface area contributed by atoms with Crippen LogP contribution in [0.15, 0.2) is 61.2 Å². The smallest absolute Gasteiger partial charge is 0.402 e. The Balaban J connectivity index is 2.13. The third-order valence-electron chi connectivity index (χ3n) is 3.83. The van der Waals surface area contributed by atoms with E-state index in [0.717, 1.165) is 17.0 Å². The highest BCUT2D eigenvalue weighted by Gasteiger charge is 2.24. The van der Waals surface area contributed by atoms with Gasteiger partial charge in [0.25, 0.3) is 5.91 Å². The first kappa shape index (κ1) is 22.6. The standard InChI is InChI=1S/C19H19BClFN2O5/c1-2-19(26)24(16-6-4-3-5-15(16)22)12-17(25)23-18(29-20(27)28)11-13-7-9-14(21)10-8-13/h2-10,18,27-28H,1,11-12H2,(H,23,25)/t18-/m1/s1. The molecule has 2 aromatic rings. The van der Waals surface area contributed by atoms with Crippen molar-refractivity contribution in [2.24, 2.45) is 0 Å². The summed E-state index contributed by atoms with van der Waals surface area (Å²) in [4.78, 5) is 25.5. The van der Waals surface area contributed by atoms with E-state index in [9.17, 15) is 14.0 Å². The van der Waals surface area contributed by atoms with E-state index in [-0.39, 0.29) is 12.1 Å². The monoisotopic (exact) mass is 420 g/mol. The van der Waals surface area contributed by atoms with Gasteiger partial charge < -0.3 is 20.0 Å². The Hall–Kier alpha value is -2.72. The second-order valence-electron chi connectivity index (χ2n) is 5.93. The van der Waals surface area contributed by atoms with Crippen molar-refractivity contribution in [3.05, 3.63) is 77.6 Å². The molecule has 0 saturated heterocycles. The van der Waals surface area contributed by atoms with Crippen molar-refractivity contribution in [3.8, 4) is 0 Å². The molecule has 0 aromatic heterocycles. The van der Waals surface area contributed by atoms with Gasteiger partial charge in [0.15, 0.2) is 0 Å². The van der Waals surface area contributed by atoms with E-state index >= 15 is 0 Å². The molecular formula is C19H19BClFN2O5. The maximum atomic E-state index is 14.1. The molecule has 0 heterocycles. The molecule has 3 N–H and O–H groups in total. The van der Waals surface area contributed by atoms with Crippen LogP contribution in [0.1, 0.15) is 5.56 Å². The minimum absolute atomic E-state index is 0.0927. The van der Waals surface area contributed by atoms with Crippen LogP contribution in [0.4, 0.5) is 10.1 Å². The molecule has 29 heavy (non-hydrogen) atoms. The van der Waals surface area contributed by atoms with E-state index in [1.807, 2.05) is 0 Å². The zero-order valence-electron chi connectivity index (χ0n) is 15.3. The number of carbonyl (C=O) groups excluding carboxylic acids is 2. The molecule has 0 aliphatic carbocycles. The molecule has 0 radical (unpaired) electrons. The van der Waals surface area contributed by atoms with Gasteiger partial charge in [-0.15, -0.1) is 0 Å². The fourth-order valence-electron chi connectivity index (χ4n) is 2.55. The van der Waals surface area contributed by atoms with Gasteiger partial charge in [-0.2, -0.15) is 0 Å². The molecule has 7 nitrogen and oxygen atoms in total. The fourth-order valence-corrected chi connectivity index (χ4v) is 2.67. The lowest BCUT2D eigenvalue weighted by atomic mass is 10.1. The molecule has 0 unspecified atom stereocenters. The van der Waals surface area contributed by atoms with E-state index in [4.69, 9.17) is 26.3 Å². The Morgan fingerprint density at radius 3 is 2.48 bits per heavy atom. The molecule has 0 fully saturated rings. The van der Waals surface area contributed by atoms with Gasteiger partial charge in [0.1, 0.15) is 18.6 Å². The third-order valence-corrected chi connectivity index (χ3v) is 4.08. The van der Waals surface area contributed by atoms with E-state index in [1.54, 1.807) is 24.3 Å². The largest absolute Gasteiger partial charge is 0.635 e. The summed E-state index contributed by atoms with van der Waals surface area (Å²) in [5.74, 6) is -2.07. The first-order chi connectivity index (χ1) is 13.8. The van der Waals surface area contributed by atoms with Crippen LogP contribution < -0.4 is 10.2 Å². The van der Waals surface area contributed by atoms with Gasteiger partial charge in [-0.1, -0.05) is 42.4 Å². The first-order valence-corrected chi connectivity index (χ1v) is 8.92. The number of anilines is 1. The Labute approximate surface area is 172 Å². The van der Waals surface area contributed by atoms with Crippen molar-refractivity contribution in [3.63, 3.8) is 0 Å². The Bertz CT molecular complexity index is 866. The quantitative estimate of drug-likeness (QED) is 0.326. The van der Waals surface area contributed by atoms with Gasteiger partial charge in [-0.05, 0) is 35.9 Å². The highest BCUT2D eigenvalue weighted by molar-refractivity contribution is 6.32. The molecule has 0 bridgehead atoms. The highest BCUT2D eigenvalue weighted by Crippen LogP contribution is 2.19. The van der Waals surface area contributed by atoms with Crippen molar-refractivity contribution in [1.29, 1.82) is 0 Å². The maximum absolute atomic E-state index is 14.1. The molecule has 2 aromatic carbocycles. The minimum atomic E-state index is -2.13. The molecule has 152 valence electrons. The molecule has 0 aliphatic rings. The number of amides is 2. The van der Waals surface area contributed by atoms with Crippen LogP contribution in [0, 0.1) is 5.82 Å². The van der Waals surface area contributed by atoms with Crippen molar-refractivity contribution in [2.75, 3.05) is 11.4 Å². The van der Waals surface area contributed by atoms with E-state index in [2.05, 4.69) is 11.9 Å². The summed E-state index contributed by atoms with van der Waals surface area (Å²) in [6.07, 6.45) is -0.0703. The summed E-state index contributed by atoms with van der Waals surface area (Å²) in [6.45, 7) is 2.83. The summed E-state index contributed by atoms with van der Waals surface area (Å²) in [5, 5.41) is 21.2. The van der Waals surface area contributed by atoms with Gasteiger partial charge >= 0.3 is 7.32 Å². The van der Waals surface area contributed by atoms with Crippen molar-refractivity contribution in [1.82, 2.24) is 5.32 Å². The van der Waals surface area contributed by atoms with Gasteiger partial charge in [0, 0.05) is 11.4 Å². The van der Waals surface area contributed by atoms with Crippen molar-refractivity contribution in [2.45, 2.75) is 12.6 Å². The number of carbonyl (C=O) groups is 2. The van der Waals surface area contributed by atoms with E-state index in [0.29, 0.717) is 10.6 Å². The average molecular weight is 421 g/mol. The van der Waals surface area contributed by atoms with Crippen LogP contribution in [0.5, 0.6) is 0 Å². The molecule has 0 aliphatic heterocycles. The lowest BCUT2D eigenvalue weighted by Crippen LogP contribution is -2.47. The van der Waals surface area contributed by atoms with Gasteiger partial charge in [-0.25, -0.2) is 4.39 Å². The lowest BCUT2D eigenvalue weighted by molar-refractivity contribution is -0.124. The van der Waals surface area contributed by atoms with Gasteiger partial charge in [0.2, 0.25) is 5.91 Å². The minimum Gasteiger partial charge on any atom is -0.402 e. The molecule has 1 atom stereocenters. The number of halogens is 2. The molecule has 2 rings (SSSR count). The number of nitrogens with one attached hydrogen (secondary N) is 1.